The Balaban J connectivity index is 1.78. The van der Waals surface area contributed by atoms with Crippen LogP contribution in [0.4, 0.5) is 10.2 Å². The second-order valence-corrected chi connectivity index (χ2v) is 8.40. The first-order chi connectivity index (χ1) is 16.5. The number of halogens is 1. The summed E-state index contributed by atoms with van der Waals surface area (Å²) in [5, 5.41) is 4.91. The predicted octanol–water partition coefficient (Wildman–Crippen LogP) is 5.48. The normalized spacial score (nSPS) is 10.8. The van der Waals surface area contributed by atoms with Crippen LogP contribution in [0.3, 0.4) is 0 Å². The van der Waals surface area contributed by atoms with E-state index in [0.717, 1.165) is 34.7 Å². The monoisotopic (exact) mass is 456 g/mol. The molecule has 0 N–H and O–H groups in total. The average molecular weight is 457 g/mol. The second-order valence-electron chi connectivity index (χ2n) is 8.40. The van der Waals surface area contributed by atoms with Crippen LogP contribution >= 0.6 is 0 Å². The minimum absolute atomic E-state index is 0.0795. The highest BCUT2D eigenvalue weighted by Gasteiger charge is 2.25. The van der Waals surface area contributed by atoms with Crippen LogP contribution in [0.25, 0.3) is 5.69 Å². The highest BCUT2D eigenvalue weighted by Crippen LogP contribution is 2.29. The number of anilines is 1. The number of aryl methyl sites for hydroxylation is 1. The largest absolute Gasteiger partial charge is 0.362 e. The van der Waals surface area contributed by atoms with Crippen molar-refractivity contribution in [3.8, 4) is 5.69 Å². The van der Waals surface area contributed by atoms with Crippen molar-refractivity contribution in [1.29, 1.82) is 0 Å². The van der Waals surface area contributed by atoms with Gasteiger partial charge < -0.3 is 9.80 Å². The van der Waals surface area contributed by atoms with Crippen molar-refractivity contribution in [1.82, 2.24) is 14.7 Å². The van der Waals surface area contributed by atoms with Gasteiger partial charge in [0.2, 0.25) is 0 Å². The Hall–Kier alpha value is -3.93. The molecular weight excluding hydrogens is 427 g/mol. The summed E-state index contributed by atoms with van der Waals surface area (Å²) >= 11 is 0. The Labute approximate surface area is 200 Å². The summed E-state index contributed by atoms with van der Waals surface area (Å²) in [5.74, 6) is 0.564. The maximum Gasteiger partial charge on any atom is 0.254 e. The molecule has 4 rings (SSSR count). The maximum absolute atomic E-state index is 13.6. The van der Waals surface area contributed by atoms with Crippen LogP contribution in [0.2, 0.25) is 0 Å². The molecule has 0 aliphatic heterocycles. The Bertz CT molecular complexity index is 1230. The molecule has 3 aromatic carbocycles. The number of carbonyl (C=O) groups is 1. The average Bonchev–Trinajstić information content (AvgIpc) is 3.24. The molecule has 0 atom stereocenters. The molecule has 1 aromatic heterocycles. The molecule has 0 fully saturated rings. The van der Waals surface area contributed by atoms with Crippen LogP contribution < -0.4 is 4.90 Å². The Morgan fingerprint density at radius 1 is 0.882 bits per heavy atom. The van der Waals surface area contributed by atoms with Crippen molar-refractivity contribution in [3.63, 3.8) is 0 Å². The van der Waals surface area contributed by atoms with E-state index >= 15 is 0 Å². The van der Waals surface area contributed by atoms with Crippen molar-refractivity contribution in [2.45, 2.75) is 26.4 Å². The summed E-state index contributed by atoms with van der Waals surface area (Å²) in [4.78, 5) is 17.4. The van der Waals surface area contributed by atoms with Gasteiger partial charge in [-0.3, -0.25) is 4.79 Å². The van der Waals surface area contributed by atoms with Crippen LogP contribution in [0.1, 0.15) is 34.1 Å². The number of nitrogens with zero attached hydrogens (tertiary/aromatic N) is 4. The zero-order chi connectivity index (χ0) is 24.1. The Morgan fingerprint density at radius 3 is 2.09 bits per heavy atom. The van der Waals surface area contributed by atoms with Crippen LogP contribution in [-0.4, -0.2) is 34.7 Å². The zero-order valence-electron chi connectivity index (χ0n) is 19.8. The first-order valence-corrected chi connectivity index (χ1v) is 11.4. The van der Waals surface area contributed by atoms with Crippen molar-refractivity contribution >= 4 is 11.7 Å². The van der Waals surface area contributed by atoms with Gasteiger partial charge >= 0.3 is 0 Å². The molecule has 0 aliphatic rings. The highest BCUT2D eigenvalue weighted by molar-refractivity contribution is 5.94. The molecule has 0 saturated heterocycles. The van der Waals surface area contributed by atoms with Crippen LogP contribution in [-0.2, 0) is 19.5 Å². The van der Waals surface area contributed by atoms with Gasteiger partial charge in [0, 0.05) is 31.8 Å². The number of hydrogen-bond donors (Lipinski definition) is 0. The number of aromatic nitrogens is 2. The van der Waals surface area contributed by atoms with Gasteiger partial charge in [-0.05, 0) is 48.4 Å². The zero-order valence-corrected chi connectivity index (χ0v) is 19.8. The minimum Gasteiger partial charge on any atom is -0.362 e. The topological polar surface area (TPSA) is 41.4 Å². The quantitative estimate of drug-likeness (QED) is 0.352. The van der Waals surface area contributed by atoms with Crippen molar-refractivity contribution < 1.29 is 9.18 Å². The lowest BCUT2D eigenvalue weighted by Crippen LogP contribution is -2.31. The van der Waals surface area contributed by atoms with E-state index in [1.54, 1.807) is 17.0 Å². The molecule has 0 saturated carbocycles. The first-order valence-electron chi connectivity index (χ1n) is 11.4. The molecule has 4 aromatic rings. The molecule has 174 valence electrons. The van der Waals surface area contributed by atoms with Gasteiger partial charge in [0.05, 0.1) is 17.9 Å². The van der Waals surface area contributed by atoms with Crippen molar-refractivity contribution in [2.75, 3.05) is 19.0 Å². The van der Waals surface area contributed by atoms with Gasteiger partial charge in [0.25, 0.3) is 5.91 Å². The fourth-order valence-corrected chi connectivity index (χ4v) is 4.10. The third kappa shape index (κ3) is 5.01. The number of hydrogen-bond acceptors (Lipinski definition) is 3. The summed E-state index contributed by atoms with van der Waals surface area (Å²) in [6, 6.07) is 25.6. The molecule has 34 heavy (non-hydrogen) atoms. The first kappa shape index (κ1) is 23.2. The number of rotatable bonds is 8. The number of benzene rings is 3. The molecule has 0 unspecified atom stereocenters. The summed E-state index contributed by atoms with van der Waals surface area (Å²) < 4.78 is 15.4. The maximum atomic E-state index is 13.6. The lowest BCUT2D eigenvalue weighted by Gasteiger charge is -2.25. The Morgan fingerprint density at radius 2 is 1.50 bits per heavy atom. The molecule has 0 radical (unpaired) electrons. The second kappa shape index (κ2) is 10.3. The SMILES string of the molecule is CCc1nn(-c2ccccc2)c(N(C)C)c1CN(Cc1ccc(F)cc1)C(=O)c1ccccc1. The van der Waals surface area contributed by atoms with E-state index in [0.29, 0.717) is 18.7 Å². The summed E-state index contributed by atoms with van der Waals surface area (Å²) in [6.45, 7) is 2.82. The molecule has 1 heterocycles. The smallest absolute Gasteiger partial charge is 0.254 e. The molecular formula is C28H29FN4O. The molecule has 0 spiro atoms. The van der Waals surface area contributed by atoms with E-state index < -0.39 is 0 Å². The van der Waals surface area contributed by atoms with Gasteiger partial charge in [-0.2, -0.15) is 5.10 Å². The lowest BCUT2D eigenvalue weighted by atomic mass is 10.1. The van der Waals surface area contributed by atoms with Gasteiger partial charge in [-0.1, -0.05) is 55.5 Å². The number of carbonyl (C=O) groups excluding carboxylic acids is 1. The van der Waals surface area contributed by atoms with Crippen LogP contribution in [0, 0.1) is 5.82 Å². The lowest BCUT2D eigenvalue weighted by molar-refractivity contribution is 0.0730. The van der Waals surface area contributed by atoms with Gasteiger partial charge in [-0.15, -0.1) is 0 Å². The summed E-state index contributed by atoms with van der Waals surface area (Å²) in [5.41, 5.74) is 4.39. The van der Waals surface area contributed by atoms with E-state index in [-0.39, 0.29) is 11.7 Å². The number of amides is 1. The van der Waals surface area contributed by atoms with E-state index in [9.17, 15) is 9.18 Å². The molecule has 5 nitrogen and oxygen atoms in total. The van der Waals surface area contributed by atoms with Gasteiger partial charge in [-0.25, -0.2) is 9.07 Å². The minimum atomic E-state index is -0.294. The van der Waals surface area contributed by atoms with Gasteiger partial charge in [0.15, 0.2) is 0 Å². The van der Waals surface area contributed by atoms with Crippen molar-refractivity contribution in [3.05, 3.63) is 113 Å². The third-order valence-corrected chi connectivity index (χ3v) is 5.74. The molecule has 1 amide bonds. The van der Waals surface area contributed by atoms with Crippen LogP contribution in [0.15, 0.2) is 84.9 Å². The van der Waals surface area contributed by atoms with Crippen LogP contribution in [0.5, 0.6) is 0 Å². The van der Waals surface area contributed by atoms with Crippen molar-refractivity contribution in [2.24, 2.45) is 0 Å². The highest BCUT2D eigenvalue weighted by atomic mass is 19.1. The summed E-state index contributed by atoms with van der Waals surface area (Å²) in [6.07, 6.45) is 0.736. The molecule has 0 bridgehead atoms. The number of para-hydroxylation sites is 1. The predicted molar refractivity (Wildman–Crippen MR) is 134 cm³/mol. The van der Waals surface area contributed by atoms with E-state index in [1.807, 2.05) is 84.3 Å². The van der Waals surface area contributed by atoms with E-state index in [4.69, 9.17) is 5.10 Å². The fourth-order valence-electron chi connectivity index (χ4n) is 4.10. The standard InChI is InChI=1S/C28H29FN4O/c1-4-26-25(27(31(2)3)33(30-26)24-13-9-6-10-14-24)20-32(19-21-15-17-23(29)18-16-21)28(34)22-11-7-5-8-12-22/h5-18H,4,19-20H2,1-3H3. The fraction of sp³-hybridized carbons (Fsp3) is 0.214. The van der Waals surface area contributed by atoms with Gasteiger partial charge in [0.1, 0.15) is 11.6 Å². The Kier molecular flexibility index (Phi) is 7.07. The van der Waals surface area contributed by atoms with E-state index in [1.165, 1.54) is 12.1 Å². The summed E-state index contributed by atoms with van der Waals surface area (Å²) in [7, 11) is 3.98. The van der Waals surface area contributed by atoms with E-state index in [2.05, 4.69) is 6.92 Å². The molecule has 0 aliphatic carbocycles. The molecule has 6 heteroatoms. The third-order valence-electron chi connectivity index (χ3n) is 5.74.